The van der Waals surface area contributed by atoms with Gasteiger partial charge >= 0.3 is 5.97 Å². The van der Waals surface area contributed by atoms with E-state index in [2.05, 4.69) is 31.1 Å². The molecule has 7 nitrogen and oxygen atoms in total. The van der Waals surface area contributed by atoms with Gasteiger partial charge in [-0.15, -0.1) is 11.3 Å². The highest BCUT2D eigenvalue weighted by atomic mass is 79.9. The van der Waals surface area contributed by atoms with Crippen LogP contribution in [-0.2, 0) is 22.5 Å². The van der Waals surface area contributed by atoms with Crippen molar-refractivity contribution in [1.82, 2.24) is 14.9 Å². The molecule has 0 aliphatic carbocycles. The molecule has 4 aromatic rings. The zero-order valence-corrected chi connectivity index (χ0v) is 20.8. The van der Waals surface area contributed by atoms with E-state index in [1.54, 1.807) is 0 Å². The summed E-state index contributed by atoms with van der Waals surface area (Å²) in [7, 11) is 2.01. The van der Waals surface area contributed by atoms with E-state index in [1.165, 1.54) is 11.3 Å². The first-order chi connectivity index (χ1) is 16.5. The molecule has 2 aromatic carbocycles. The van der Waals surface area contributed by atoms with E-state index < -0.39 is 18.5 Å². The zero-order chi connectivity index (χ0) is 23.7. The van der Waals surface area contributed by atoms with Crippen molar-refractivity contribution in [3.05, 3.63) is 75.2 Å². The van der Waals surface area contributed by atoms with Crippen molar-refractivity contribution in [1.29, 1.82) is 0 Å². The van der Waals surface area contributed by atoms with E-state index in [4.69, 9.17) is 9.72 Å². The Labute approximate surface area is 208 Å². The topological polar surface area (TPSA) is 84.4 Å². The molecule has 0 unspecified atom stereocenters. The van der Waals surface area contributed by atoms with Crippen molar-refractivity contribution < 1.29 is 14.3 Å². The molecule has 1 aliphatic rings. The predicted molar refractivity (Wildman–Crippen MR) is 136 cm³/mol. The maximum absolute atomic E-state index is 13.1. The van der Waals surface area contributed by atoms with Gasteiger partial charge in [-0.25, -0.2) is 9.78 Å². The molecule has 0 bridgehead atoms. The van der Waals surface area contributed by atoms with Crippen LogP contribution in [0.4, 0.5) is 5.13 Å². The number of rotatable bonds is 5. The van der Waals surface area contributed by atoms with Crippen molar-refractivity contribution in [3.63, 3.8) is 0 Å². The first-order valence-corrected chi connectivity index (χ1v) is 12.4. The Morgan fingerprint density at radius 3 is 2.76 bits per heavy atom. The van der Waals surface area contributed by atoms with Gasteiger partial charge in [0, 0.05) is 51.6 Å². The molecule has 2 aromatic heterocycles. The van der Waals surface area contributed by atoms with Crippen LogP contribution in [0.25, 0.3) is 22.2 Å². The van der Waals surface area contributed by atoms with Crippen LogP contribution in [0.3, 0.4) is 0 Å². The number of para-hydroxylation sites is 1. The number of likely N-dealkylation sites (N-methyl/N-ethyl adjacent to an activating group) is 1. The van der Waals surface area contributed by atoms with E-state index in [0.29, 0.717) is 17.2 Å². The van der Waals surface area contributed by atoms with E-state index in [1.807, 2.05) is 61.0 Å². The molecular formula is C25H21BrN4O3S. The zero-order valence-electron chi connectivity index (χ0n) is 18.4. The highest BCUT2D eigenvalue weighted by Crippen LogP contribution is 2.29. The predicted octanol–water partition coefficient (Wildman–Crippen LogP) is 4.90. The van der Waals surface area contributed by atoms with Gasteiger partial charge in [0.25, 0.3) is 5.91 Å². The Balaban J connectivity index is 1.30. The Bertz CT molecular complexity index is 1390. The monoisotopic (exact) mass is 536 g/mol. The summed E-state index contributed by atoms with van der Waals surface area (Å²) in [5.41, 5.74) is 4.75. The molecule has 0 atom stereocenters. The highest BCUT2D eigenvalue weighted by Gasteiger charge is 2.26. The number of esters is 1. The third-order valence-electron chi connectivity index (χ3n) is 5.67. The Hall–Kier alpha value is -3.14. The number of aromatic nitrogens is 2. The van der Waals surface area contributed by atoms with Gasteiger partial charge in [-0.05, 0) is 25.2 Å². The number of ether oxygens (including phenoxy) is 1. The molecule has 0 saturated carbocycles. The summed E-state index contributed by atoms with van der Waals surface area (Å²) in [4.78, 5) is 37.0. The van der Waals surface area contributed by atoms with Crippen molar-refractivity contribution >= 4 is 55.2 Å². The van der Waals surface area contributed by atoms with Crippen LogP contribution in [0, 0.1) is 0 Å². The summed E-state index contributed by atoms with van der Waals surface area (Å²) in [6.07, 6.45) is 0.766. The van der Waals surface area contributed by atoms with Gasteiger partial charge in [0.15, 0.2) is 11.7 Å². The van der Waals surface area contributed by atoms with Crippen molar-refractivity contribution in [3.8, 4) is 11.3 Å². The smallest absolute Gasteiger partial charge is 0.339 e. The van der Waals surface area contributed by atoms with Gasteiger partial charge in [-0.3, -0.25) is 15.1 Å². The summed E-state index contributed by atoms with van der Waals surface area (Å²) in [5.74, 6) is -0.954. The molecular weight excluding hydrogens is 516 g/mol. The minimum atomic E-state index is -0.519. The molecule has 5 rings (SSSR count). The van der Waals surface area contributed by atoms with Crippen LogP contribution in [0.2, 0.25) is 0 Å². The number of hydrogen-bond donors (Lipinski definition) is 1. The average molecular weight is 537 g/mol. The number of anilines is 1. The maximum atomic E-state index is 13.1. The molecule has 0 saturated heterocycles. The molecule has 1 aliphatic heterocycles. The third kappa shape index (κ3) is 4.72. The number of carbonyl (C=O) groups is 2. The molecule has 0 radical (unpaired) electrons. The molecule has 34 heavy (non-hydrogen) atoms. The second-order valence-electron chi connectivity index (χ2n) is 8.09. The lowest BCUT2D eigenvalue weighted by Crippen LogP contribution is -2.30. The third-order valence-corrected chi connectivity index (χ3v) is 6.95. The Kier molecular flexibility index (Phi) is 6.40. The van der Waals surface area contributed by atoms with Gasteiger partial charge in [-0.1, -0.05) is 46.3 Å². The fourth-order valence-corrected chi connectivity index (χ4v) is 5.00. The molecule has 0 fully saturated rings. The largest absolute Gasteiger partial charge is 0.452 e. The molecule has 3 heterocycles. The standard InChI is InChI=1S/C25H21BrN4O3S/c1-30-11-10-20-18(12-30)23(17-4-2-3-5-19(17)27-20)24(32)33-13-22(31)29-25-28-21(14-34-25)15-6-8-16(26)9-7-15/h2-9,14H,10-13H2,1H3,(H,28,29,31). The van der Waals surface area contributed by atoms with Crippen LogP contribution in [0.5, 0.6) is 0 Å². The maximum Gasteiger partial charge on any atom is 0.339 e. The summed E-state index contributed by atoms with van der Waals surface area (Å²) < 4.78 is 6.43. The summed E-state index contributed by atoms with van der Waals surface area (Å²) in [6.45, 7) is 1.10. The number of amides is 1. The number of hydrogen-bond acceptors (Lipinski definition) is 7. The number of fused-ring (bicyclic) bond motifs is 2. The number of carbonyl (C=O) groups excluding carboxylic acids is 2. The molecule has 0 spiro atoms. The number of thiazole rings is 1. The fraction of sp³-hybridized carbons (Fsp3) is 0.200. The van der Waals surface area contributed by atoms with Gasteiger partial charge in [0.1, 0.15) is 0 Å². The van der Waals surface area contributed by atoms with Crippen LogP contribution in [0.1, 0.15) is 21.6 Å². The number of nitrogens with zero attached hydrogens (tertiary/aromatic N) is 3. The minimum absolute atomic E-state index is 0.396. The van der Waals surface area contributed by atoms with Crippen LogP contribution < -0.4 is 5.32 Å². The van der Waals surface area contributed by atoms with E-state index in [0.717, 1.165) is 50.9 Å². The van der Waals surface area contributed by atoms with Gasteiger partial charge in [0.05, 0.1) is 16.8 Å². The van der Waals surface area contributed by atoms with Crippen molar-refractivity contribution in [2.75, 3.05) is 25.5 Å². The number of halogens is 1. The Morgan fingerprint density at radius 1 is 1.15 bits per heavy atom. The SMILES string of the molecule is CN1CCc2nc3ccccc3c(C(=O)OCC(=O)Nc3nc(-c4ccc(Br)cc4)cs3)c2C1. The Morgan fingerprint density at radius 2 is 1.94 bits per heavy atom. The lowest BCUT2D eigenvalue weighted by molar-refractivity contribution is -0.119. The van der Waals surface area contributed by atoms with E-state index >= 15 is 0 Å². The van der Waals surface area contributed by atoms with Crippen molar-refractivity contribution in [2.45, 2.75) is 13.0 Å². The number of nitrogens with one attached hydrogen (secondary N) is 1. The fourth-order valence-electron chi connectivity index (χ4n) is 4.00. The number of pyridine rings is 1. The molecule has 172 valence electrons. The molecule has 1 amide bonds. The minimum Gasteiger partial charge on any atom is -0.452 e. The number of benzene rings is 2. The lowest BCUT2D eigenvalue weighted by Gasteiger charge is -2.26. The van der Waals surface area contributed by atoms with Crippen LogP contribution in [-0.4, -0.2) is 46.9 Å². The summed E-state index contributed by atoms with van der Waals surface area (Å²) in [6, 6.07) is 15.3. The molecule has 1 N–H and O–H groups in total. The first kappa shape index (κ1) is 22.6. The van der Waals surface area contributed by atoms with Gasteiger partial charge in [0.2, 0.25) is 0 Å². The van der Waals surface area contributed by atoms with Crippen molar-refractivity contribution in [2.24, 2.45) is 0 Å². The van der Waals surface area contributed by atoms with E-state index in [9.17, 15) is 9.59 Å². The second-order valence-corrected chi connectivity index (χ2v) is 9.86. The summed E-state index contributed by atoms with van der Waals surface area (Å²) in [5, 5.41) is 5.78. The highest BCUT2D eigenvalue weighted by molar-refractivity contribution is 9.10. The molecule has 9 heteroatoms. The quantitative estimate of drug-likeness (QED) is 0.365. The van der Waals surface area contributed by atoms with Crippen LogP contribution in [0.15, 0.2) is 58.4 Å². The normalized spacial score (nSPS) is 13.5. The summed E-state index contributed by atoms with van der Waals surface area (Å²) >= 11 is 4.74. The first-order valence-electron chi connectivity index (χ1n) is 10.8. The van der Waals surface area contributed by atoms with Gasteiger partial charge in [-0.2, -0.15) is 0 Å². The van der Waals surface area contributed by atoms with Gasteiger partial charge < -0.3 is 9.64 Å². The second kappa shape index (κ2) is 9.61. The van der Waals surface area contributed by atoms with Crippen LogP contribution >= 0.6 is 27.3 Å². The van der Waals surface area contributed by atoms with E-state index in [-0.39, 0.29) is 0 Å². The lowest BCUT2D eigenvalue weighted by atomic mass is 9.96. The average Bonchev–Trinajstić information content (AvgIpc) is 3.30.